The number of benzene rings is 1. The Morgan fingerprint density at radius 3 is 2.88 bits per heavy atom. The van der Waals surface area contributed by atoms with Crippen LogP contribution in [-0.2, 0) is 17.7 Å². The Labute approximate surface area is 149 Å². The zero-order valence-corrected chi connectivity index (χ0v) is 14.4. The molecule has 2 aliphatic rings. The maximum Gasteiger partial charge on any atom is 0.257 e. The van der Waals surface area contributed by atoms with Crippen LogP contribution >= 0.6 is 11.6 Å². The molecule has 0 saturated carbocycles. The summed E-state index contributed by atoms with van der Waals surface area (Å²) in [5.74, 6) is 0.890. The molecule has 5 nitrogen and oxygen atoms in total. The molecule has 1 aromatic carbocycles. The van der Waals surface area contributed by atoms with Crippen molar-refractivity contribution in [3.8, 4) is 0 Å². The van der Waals surface area contributed by atoms with Crippen LogP contribution in [0, 0.1) is 5.82 Å². The zero-order chi connectivity index (χ0) is 17.4. The molecule has 4 rings (SSSR count). The molecule has 0 atom stereocenters. The average molecular weight is 365 g/mol. The predicted molar refractivity (Wildman–Crippen MR) is 89.2 cm³/mol. The topological polar surface area (TPSA) is 55.6 Å². The molecule has 1 amide bonds. The molecule has 1 aromatic heterocycles. The Hall–Kier alpha value is -1.92. The van der Waals surface area contributed by atoms with Gasteiger partial charge in [-0.3, -0.25) is 4.79 Å². The Morgan fingerprint density at radius 2 is 2.12 bits per heavy atom. The molecular weight excluding hydrogens is 347 g/mol. The highest BCUT2D eigenvalue weighted by atomic mass is 35.5. The third kappa shape index (κ3) is 3.28. The van der Waals surface area contributed by atoms with Crippen molar-refractivity contribution in [2.75, 3.05) is 19.8 Å². The molecule has 2 aromatic rings. The number of rotatable bonds is 2. The Bertz CT molecular complexity index is 802. The molecule has 0 radical (unpaired) electrons. The van der Waals surface area contributed by atoms with Crippen LogP contribution < -0.4 is 0 Å². The summed E-state index contributed by atoms with van der Waals surface area (Å²) >= 11 is 5.75. The summed E-state index contributed by atoms with van der Waals surface area (Å²) in [5, 5.41) is 0.271. The summed E-state index contributed by atoms with van der Waals surface area (Å²) in [6, 6.07) is 4.10. The van der Waals surface area contributed by atoms with Gasteiger partial charge in [-0.25, -0.2) is 9.37 Å². The van der Waals surface area contributed by atoms with Crippen molar-refractivity contribution in [3.05, 3.63) is 51.9 Å². The smallest absolute Gasteiger partial charge is 0.257 e. The molecule has 0 N–H and O–H groups in total. The Kier molecular flexibility index (Phi) is 4.48. The number of aromatic nitrogens is 1. The molecule has 1 saturated heterocycles. The van der Waals surface area contributed by atoms with Gasteiger partial charge >= 0.3 is 0 Å². The van der Waals surface area contributed by atoms with Crippen molar-refractivity contribution in [1.82, 2.24) is 9.88 Å². The third-order valence-corrected chi connectivity index (χ3v) is 5.00. The van der Waals surface area contributed by atoms with E-state index in [1.807, 2.05) is 0 Å². The number of carbonyl (C=O) groups is 1. The number of fused-ring (bicyclic) bond motifs is 1. The van der Waals surface area contributed by atoms with E-state index in [9.17, 15) is 9.18 Å². The number of hydrogen-bond donors (Lipinski definition) is 0. The maximum atomic E-state index is 14.0. The van der Waals surface area contributed by atoms with Gasteiger partial charge in [0.25, 0.3) is 5.91 Å². The van der Waals surface area contributed by atoms with Crippen molar-refractivity contribution in [2.45, 2.75) is 31.7 Å². The fourth-order valence-electron chi connectivity index (χ4n) is 3.34. The van der Waals surface area contributed by atoms with Gasteiger partial charge in [-0.1, -0.05) is 11.6 Å². The van der Waals surface area contributed by atoms with Crippen LogP contribution in [0.3, 0.4) is 0 Å². The van der Waals surface area contributed by atoms with Crippen LogP contribution in [0.1, 0.15) is 46.5 Å². The molecule has 2 aliphatic heterocycles. The maximum absolute atomic E-state index is 14.0. The summed E-state index contributed by atoms with van der Waals surface area (Å²) in [4.78, 5) is 18.8. The minimum Gasteiger partial charge on any atom is -0.445 e. The predicted octanol–water partition coefficient (Wildman–Crippen LogP) is 3.56. The van der Waals surface area contributed by atoms with Crippen molar-refractivity contribution in [2.24, 2.45) is 0 Å². The number of oxazole rings is 1. The van der Waals surface area contributed by atoms with Crippen molar-refractivity contribution in [1.29, 1.82) is 0 Å². The summed E-state index contributed by atoms with van der Waals surface area (Å²) in [7, 11) is 0. The second kappa shape index (κ2) is 6.77. The Balaban J connectivity index is 1.52. The molecule has 25 heavy (non-hydrogen) atoms. The summed E-state index contributed by atoms with van der Waals surface area (Å²) < 4.78 is 25.3. The SMILES string of the molecule is O=C(c1ccc(Cl)cc1F)N1CCc2oc(C3CCOCC3)nc2C1. The van der Waals surface area contributed by atoms with Gasteiger partial charge in [0.15, 0.2) is 5.89 Å². The van der Waals surface area contributed by atoms with Crippen molar-refractivity contribution in [3.63, 3.8) is 0 Å². The fraction of sp³-hybridized carbons (Fsp3) is 0.444. The average Bonchev–Trinajstić information content (AvgIpc) is 3.05. The second-order valence-electron chi connectivity index (χ2n) is 6.41. The van der Waals surface area contributed by atoms with Gasteiger partial charge in [-0.15, -0.1) is 0 Å². The minimum atomic E-state index is -0.605. The van der Waals surface area contributed by atoms with E-state index in [0.717, 1.165) is 49.5 Å². The molecule has 0 aliphatic carbocycles. The number of halogens is 2. The van der Waals surface area contributed by atoms with Crippen LogP contribution in [0.5, 0.6) is 0 Å². The largest absolute Gasteiger partial charge is 0.445 e. The van der Waals surface area contributed by atoms with Gasteiger partial charge < -0.3 is 14.1 Å². The first-order valence-corrected chi connectivity index (χ1v) is 8.80. The van der Waals surface area contributed by atoms with Crippen LogP contribution in [0.25, 0.3) is 0 Å². The zero-order valence-electron chi connectivity index (χ0n) is 13.6. The van der Waals surface area contributed by atoms with Gasteiger partial charge in [0.1, 0.15) is 17.3 Å². The highest BCUT2D eigenvalue weighted by Crippen LogP contribution is 2.30. The quantitative estimate of drug-likeness (QED) is 0.817. The van der Waals surface area contributed by atoms with Gasteiger partial charge in [0, 0.05) is 37.1 Å². The van der Waals surface area contributed by atoms with Crippen LogP contribution in [0.4, 0.5) is 4.39 Å². The van der Waals surface area contributed by atoms with E-state index >= 15 is 0 Å². The first-order valence-electron chi connectivity index (χ1n) is 8.42. The summed E-state index contributed by atoms with van der Waals surface area (Å²) in [5.41, 5.74) is 0.802. The van der Waals surface area contributed by atoms with E-state index in [1.165, 1.54) is 12.1 Å². The summed E-state index contributed by atoms with van der Waals surface area (Å²) in [6.45, 7) is 2.26. The lowest BCUT2D eigenvalue weighted by Crippen LogP contribution is -2.36. The fourth-order valence-corrected chi connectivity index (χ4v) is 3.50. The highest BCUT2D eigenvalue weighted by Gasteiger charge is 2.29. The third-order valence-electron chi connectivity index (χ3n) is 4.76. The second-order valence-corrected chi connectivity index (χ2v) is 6.85. The lowest BCUT2D eigenvalue weighted by Gasteiger charge is -2.25. The molecule has 7 heteroatoms. The van der Waals surface area contributed by atoms with Gasteiger partial charge in [0.05, 0.1) is 12.1 Å². The number of hydrogen-bond acceptors (Lipinski definition) is 4. The normalized spacial score (nSPS) is 18.2. The molecule has 0 unspecified atom stereocenters. The molecule has 132 valence electrons. The number of amides is 1. The lowest BCUT2D eigenvalue weighted by atomic mass is 10.0. The number of ether oxygens (including phenoxy) is 1. The first kappa shape index (κ1) is 16.5. The molecule has 3 heterocycles. The first-order chi connectivity index (χ1) is 12.1. The van der Waals surface area contributed by atoms with Gasteiger partial charge in [-0.2, -0.15) is 0 Å². The van der Waals surface area contributed by atoms with Crippen LogP contribution in [0.15, 0.2) is 22.6 Å². The van der Waals surface area contributed by atoms with Crippen LogP contribution in [-0.4, -0.2) is 35.5 Å². The van der Waals surface area contributed by atoms with Crippen LogP contribution in [0.2, 0.25) is 5.02 Å². The monoisotopic (exact) mass is 364 g/mol. The summed E-state index contributed by atoms with van der Waals surface area (Å²) in [6.07, 6.45) is 2.39. The van der Waals surface area contributed by atoms with Crippen molar-refractivity contribution < 1.29 is 18.3 Å². The lowest BCUT2D eigenvalue weighted by molar-refractivity contribution is 0.0721. The number of carbonyl (C=O) groups excluding carboxylic acids is 1. The Morgan fingerprint density at radius 1 is 1.32 bits per heavy atom. The molecular formula is C18H18ClFN2O3. The van der Waals surface area contributed by atoms with E-state index < -0.39 is 5.82 Å². The van der Waals surface area contributed by atoms with E-state index in [4.69, 9.17) is 20.8 Å². The number of nitrogens with zero attached hydrogens (tertiary/aromatic N) is 2. The molecule has 1 fully saturated rings. The van der Waals surface area contributed by atoms with Crippen molar-refractivity contribution >= 4 is 17.5 Å². The van der Waals surface area contributed by atoms with E-state index in [2.05, 4.69) is 4.98 Å². The van der Waals surface area contributed by atoms with E-state index in [-0.39, 0.29) is 22.4 Å². The minimum absolute atomic E-state index is 0.0287. The molecule has 0 bridgehead atoms. The van der Waals surface area contributed by atoms with E-state index in [0.29, 0.717) is 19.5 Å². The van der Waals surface area contributed by atoms with Gasteiger partial charge in [0.2, 0.25) is 0 Å². The highest BCUT2D eigenvalue weighted by molar-refractivity contribution is 6.30. The molecule has 0 spiro atoms. The standard InChI is InChI=1S/C18H18ClFN2O3/c19-12-1-2-13(14(20)9-12)18(23)22-6-3-16-15(10-22)21-17(25-16)11-4-7-24-8-5-11/h1-2,9,11H,3-8,10H2. The van der Waals surface area contributed by atoms with Gasteiger partial charge in [-0.05, 0) is 31.0 Å². The van der Waals surface area contributed by atoms with E-state index in [1.54, 1.807) is 4.90 Å².